The number of hydrogen-bond acceptors (Lipinski definition) is 3. The minimum atomic E-state index is 0.221. The number of benzene rings is 1. The Bertz CT molecular complexity index is 560. The zero-order valence-corrected chi connectivity index (χ0v) is 8.75. The SMILES string of the molecule is COc1cccc2nc(Cl)c(C#N)cc12. The fourth-order valence-electron chi connectivity index (χ4n) is 1.40. The van der Waals surface area contributed by atoms with E-state index < -0.39 is 0 Å². The van der Waals surface area contributed by atoms with Crippen LogP contribution >= 0.6 is 11.6 Å². The Hall–Kier alpha value is -1.79. The lowest BCUT2D eigenvalue weighted by atomic mass is 10.1. The van der Waals surface area contributed by atoms with Crippen LogP contribution in [0.1, 0.15) is 5.56 Å². The molecule has 0 radical (unpaired) electrons. The van der Waals surface area contributed by atoms with Crippen molar-refractivity contribution in [1.29, 1.82) is 5.26 Å². The van der Waals surface area contributed by atoms with E-state index in [-0.39, 0.29) is 5.15 Å². The smallest absolute Gasteiger partial charge is 0.147 e. The molecule has 2 aromatic rings. The monoisotopic (exact) mass is 218 g/mol. The Morgan fingerprint density at radius 2 is 2.27 bits per heavy atom. The van der Waals surface area contributed by atoms with Crippen LogP contribution < -0.4 is 4.74 Å². The summed E-state index contributed by atoms with van der Waals surface area (Å²) < 4.78 is 5.17. The van der Waals surface area contributed by atoms with Gasteiger partial charge in [-0.3, -0.25) is 0 Å². The molecule has 0 unspecified atom stereocenters. The van der Waals surface area contributed by atoms with Crippen LogP contribution in [0.4, 0.5) is 0 Å². The number of aromatic nitrogens is 1. The number of pyridine rings is 1. The van der Waals surface area contributed by atoms with Crippen molar-refractivity contribution in [2.75, 3.05) is 7.11 Å². The van der Waals surface area contributed by atoms with Crippen LogP contribution in [0.15, 0.2) is 24.3 Å². The minimum absolute atomic E-state index is 0.221. The molecule has 0 spiro atoms. The van der Waals surface area contributed by atoms with Crippen molar-refractivity contribution in [2.24, 2.45) is 0 Å². The summed E-state index contributed by atoms with van der Waals surface area (Å²) in [5, 5.41) is 9.84. The summed E-state index contributed by atoms with van der Waals surface area (Å²) >= 11 is 5.82. The van der Waals surface area contributed by atoms with E-state index >= 15 is 0 Å². The van der Waals surface area contributed by atoms with E-state index in [2.05, 4.69) is 4.98 Å². The molecular formula is C11H7ClN2O. The molecule has 1 heterocycles. The molecule has 0 saturated carbocycles. The first-order chi connectivity index (χ1) is 7.26. The van der Waals surface area contributed by atoms with Gasteiger partial charge in [0, 0.05) is 5.39 Å². The summed E-state index contributed by atoms with van der Waals surface area (Å²) in [6.07, 6.45) is 0. The highest BCUT2D eigenvalue weighted by atomic mass is 35.5. The summed E-state index contributed by atoms with van der Waals surface area (Å²) in [4.78, 5) is 4.12. The highest BCUT2D eigenvalue weighted by Crippen LogP contribution is 2.27. The molecule has 0 N–H and O–H groups in total. The van der Waals surface area contributed by atoms with Gasteiger partial charge in [-0.05, 0) is 18.2 Å². The molecule has 0 bridgehead atoms. The topological polar surface area (TPSA) is 45.9 Å². The van der Waals surface area contributed by atoms with Gasteiger partial charge in [0.25, 0.3) is 0 Å². The van der Waals surface area contributed by atoms with Gasteiger partial charge in [-0.1, -0.05) is 17.7 Å². The largest absolute Gasteiger partial charge is 0.496 e. The molecule has 15 heavy (non-hydrogen) atoms. The van der Waals surface area contributed by atoms with Crippen LogP contribution in [0, 0.1) is 11.3 Å². The minimum Gasteiger partial charge on any atom is -0.496 e. The fraction of sp³-hybridized carbons (Fsp3) is 0.0909. The van der Waals surface area contributed by atoms with Crippen molar-refractivity contribution in [1.82, 2.24) is 4.98 Å². The second kappa shape index (κ2) is 3.76. The molecule has 0 amide bonds. The van der Waals surface area contributed by atoms with Crippen molar-refractivity contribution in [3.05, 3.63) is 35.0 Å². The summed E-state index contributed by atoms with van der Waals surface area (Å²) in [6.45, 7) is 0. The van der Waals surface area contributed by atoms with Crippen LogP contribution in [0.2, 0.25) is 5.15 Å². The molecule has 3 nitrogen and oxygen atoms in total. The quantitative estimate of drug-likeness (QED) is 0.692. The standard InChI is InChI=1S/C11H7ClN2O/c1-15-10-4-2-3-9-8(10)5-7(6-13)11(12)14-9/h2-5H,1H3. The van der Waals surface area contributed by atoms with E-state index in [0.29, 0.717) is 11.3 Å². The number of halogens is 1. The Labute approximate surface area is 91.9 Å². The Kier molecular flexibility index (Phi) is 2.44. The van der Waals surface area contributed by atoms with E-state index in [0.717, 1.165) is 10.9 Å². The Morgan fingerprint density at radius 3 is 2.93 bits per heavy atom. The van der Waals surface area contributed by atoms with Gasteiger partial charge in [0.05, 0.1) is 18.2 Å². The summed E-state index contributed by atoms with van der Waals surface area (Å²) in [7, 11) is 1.58. The molecule has 2 rings (SSSR count). The Morgan fingerprint density at radius 1 is 1.47 bits per heavy atom. The summed E-state index contributed by atoms with van der Waals surface area (Å²) in [6, 6.07) is 9.15. The predicted molar refractivity (Wildman–Crippen MR) is 58.0 cm³/mol. The highest BCUT2D eigenvalue weighted by Gasteiger charge is 2.07. The number of methoxy groups -OCH3 is 1. The Balaban J connectivity index is 2.83. The number of fused-ring (bicyclic) bond motifs is 1. The van der Waals surface area contributed by atoms with Crippen molar-refractivity contribution in [3.63, 3.8) is 0 Å². The first-order valence-corrected chi connectivity index (χ1v) is 4.67. The molecule has 4 heteroatoms. The van der Waals surface area contributed by atoms with Gasteiger partial charge >= 0.3 is 0 Å². The first-order valence-electron chi connectivity index (χ1n) is 4.29. The molecule has 0 saturated heterocycles. The van der Waals surface area contributed by atoms with Gasteiger partial charge in [-0.25, -0.2) is 4.98 Å². The lowest BCUT2D eigenvalue weighted by molar-refractivity contribution is 0.420. The third-order valence-electron chi connectivity index (χ3n) is 2.11. The summed E-state index contributed by atoms with van der Waals surface area (Å²) in [5.41, 5.74) is 1.08. The van der Waals surface area contributed by atoms with Crippen LogP contribution in [0.5, 0.6) is 5.75 Å². The zero-order valence-electron chi connectivity index (χ0n) is 7.99. The average molecular weight is 219 g/mol. The maximum Gasteiger partial charge on any atom is 0.147 e. The zero-order chi connectivity index (χ0) is 10.8. The molecule has 0 aliphatic rings. The van der Waals surface area contributed by atoms with E-state index in [1.54, 1.807) is 13.2 Å². The van der Waals surface area contributed by atoms with Crippen LogP contribution in [-0.2, 0) is 0 Å². The van der Waals surface area contributed by atoms with Crippen molar-refractivity contribution in [2.45, 2.75) is 0 Å². The van der Waals surface area contributed by atoms with Crippen molar-refractivity contribution in [3.8, 4) is 11.8 Å². The van der Waals surface area contributed by atoms with Gasteiger partial charge in [-0.2, -0.15) is 5.26 Å². The van der Waals surface area contributed by atoms with Crippen LogP contribution in [-0.4, -0.2) is 12.1 Å². The molecule has 0 aliphatic carbocycles. The highest BCUT2D eigenvalue weighted by molar-refractivity contribution is 6.31. The van der Waals surface area contributed by atoms with Gasteiger partial charge < -0.3 is 4.74 Å². The van der Waals surface area contributed by atoms with E-state index in [1.165, 1.54) is 0 Å². The third-order valence-corrected chi connectivity index (χ3v) is 2.40. The lowest BCUT2D eigenvalue weighted by Crippen LogP contribution is -1.89. The normalized spacial score (nSPS) is 9.93. The number of hydrogen-bond donors (Lipinski definition) is 0. The number of nitriles is 1. The first kappa shape index (κ1) is 9.75. The van der Waals surface area contributed by atoms with Gasteiger partial charge in [0.15, 0.2) is 0 Å². The van der Waals surface area contributed by atoms with Gasteiger partial charge in [0.1, 0.15) is 17.0 Å². The summed E-state index contributed by atoms with van der Waals surface area (Å²) in [5.74, 6) is 0.688. The lowest BCUT2D eigenvalue weighted by Gasteiger charge is -2.05. The van der Waals surface area contributed by atoms with Crippen LogP contribution in [0.25, 0.3) is 10.9 Å². The predicted octanol–water partition coefficient (Wildman–Crippen LogP) is 2.77. The molecule has 1 aromatic carbocycles. The fourth-order valence-corrected chi connectivity index (χ4v) is 1.59. The second-order valence-corrected chi connectivity index (χ2v) is 3.32. The van der Waals surface area contributed by atoms with E-state index in [4.69, 9.17) is 21.6 Å². The number of rotatable bonds is 1. The van der Waals surface area contributed by atoms with Crippen LogP contribution in [0.3, 0.4) is 0 Å². The number of ether oxygens (including phenoxy) is 1. The van der Waals surface area contributed by atoms with Crippen molar-refractivity contribution >= 4 is 22.5 Å². The molecule has 74 valence electrons. The average Bonchev–Trinajstić information content (AvgIpc) is 2.27. The molecule has 0 atom stereocenters. The van der Waals surface area contributed by atoms with E-state index in [1.807, 2.05) is 24.3 Å². The van der Waals surface area contributed by atoms with E-state index in [9.17, 15) is 0 Å². The van der Waals surface area contributed by atoms with Gasteiger partial charge in [-0.15, -0.1) is 0 Å². The van der Waals surface area contributed by atoms with Crippen molar-refractivity contribution < 1.29 is 4.74 Å². The molecule has 0 fully saturated rings. The molecule has 0 aliphatic heterocycles. The number of nitrogens with zero attached hydrogens (tertiary/aromatic N) is 2. The maximum atomic E-state index is 8.83. The molecule has 1 aromatic heterocycles. The second-order valence-electron chi connectivity index (χ2n) is 2.97. The maximum absolute atomic E-state index is 8.83. The molecular weight excluding hydrogens is 212 g/mol. The van der Waals surface area contributed by atoms with Gasteiger partial charge in [0.2, 0.25) is 0 Å². The third kappa shape index (κ3) is 1.60.